The Morgan fingerprint density at radius 1 is 1.31 bits per heavy atom. The molecule has 1 aromatic heterocycles. The second-order valence-corrected chi connectivity index (χ2v) is 8.60. The Labute approximate surface area is 180 Å². The van der Waals surface area contributed by atoms with E-state index in [1.807, 2.05) is 6.92 Å². The van der Waals surface area contributed by atoms with Crippen LogP contribution >= 0.6 is 59.6 Å². The molecular weight excluding hydrogens is 554 g/mol. The van der Waals surface area contributed by atoms with Gasteiger partial charge in [-0.25, -0.2) is 4.98 Å². The molecule has 26 heavy (non-hydrogen) atoms. The molecule has 1 heterocycles. The van der Waals surface area contributed by atoms with E-state index in [0.717, 1.165) is 27.5 Å². The zero-order valence-electron chi connectivity index (χ0n) is 14.0. The van der Waals surface area contributed by atoms with Gasteiger partial charge >= 0.3 is 0 Å². The molecule has 0 fully saturated rings. The Balaban J connectivity index is 2.09. The molecule has 10 heteroatoms. The molecule has 2 aromatic rings. The number of carbonyl (C=O) groups excluding carboxylic acids is 1. The molecule has 0 spiro atoms. The number of thioether (sulfide) groups is 1. The van der Waals surface area contributed by atoms with Gasteiger partial charge in [0.2, 0.25) is 5.91 Å². The summed E-state index contributed by atoms with van der Waals surface area (Å²) in [4.78, 5) is 31.0. The molecule has 2 rings (SSSR count). The van der Waals surface area contributed by atoms with Crippen molar-refractivity contribution < 1.29 is 9.53 Å². The fraction of sp³-hybridized carbons (Fsp3) is 0.312. The minimum atomic E-state index is -0.238. The van der Waals surface area contributed by atoms with Gasteiger partial charge in [0.25, 0.3) is 5.56 Å². The second kappa shape index (κ2) is 9.91. The van der Waals surface area contributed by atoms with Crippen LogP contribution in [0.4, 0.5) is 5.69 Å². The lowest BCUT2D eigenvalue weighted by molar-refractivity contribution is -0.113. The third-order valence-corrected chi connectivity index (χ3v) is 7.36. The predicted molar refractivity (Wildman–Crippen MR) is 114 cm³/mol. The van der Waals surface area contributed by atoms with Gasteiger partial charge in [-0.15, -0.1) is 0 Å². The number of H-pyrrole nitrogens is 1. The first-order chi connectivity index (χ1) is 12.3. The highest BCUT2D eigenvalue weighted by molar-refractivity contribution is 9.14. The number of carbonyl (C=O) groups is 1. The minimum absolute atomic E-state index is 0.104. The Kier molecular flexibility index (Phi) is 8.18. The summed E-state index contributed by atoms with van der Waals surface area (Å²) < 4.78 is 7.60. The fourth-order valence-electron chi connectivity index (χ4n) is 2.13. The zero-order chi connectivity index (χ0) is 19.3. The first-order valence-electron chi connectivity index (χ1n) is 7.60. The van der Waals surface area contributed by atoms with E-state index in [1.165, 1.54) is 24.9 Å². The van der Waals surface area contributed by atoms with Crippen molar-refractivity contribution in [2.75, 3.05) is 18.2 Å². The van der Waals surface area contributed by atoms with Crippen molar-refractivity contribution in [2.45, 2.75) is 24.9 Å². The van der Waals surface area contributed by atoms with Gasteiger partial charge in [0.1, 0.15) is 0 Å². The third-order valence-electron chi connectivity index (χ3n) is 3.21. The van der Waals surface area contributed by atoms with Crippen molar-refractivity contribution >= 4 is 71.1 Å². The van der Waals surface area contributed by atoms with Gasteiger partial charge in [0, 0.05) is 20.7 Å². The fourth-order valence-corrected chi connectivity index (χ4v) is 4.40. The number of aromatic amines is 1. The molecule has 0 atom stereocenters. The van der Waals surface area contributed by atoms with Gasteiger partial charge in [0.05, 0.1) is 23.0 Å². The average molecular weight is 570 g/mol. The lowest BCUT2D eigenvalue weighted by Gasteiger charge is -2.14. The van der Waals surface area contributed by atoms with Crippen LogP contribution in [0.15, 0.2) is 35.5 Å². The third kappa shape index (κ3) is 5.58. The van der Waals surface area contributed by atoms with E-state index < -0.39 is 0 Å². The van der Waals surface area contributed by atoms with Crippen LogP contribution in [0.25, 0.3) is 0 Å². The molecule has 0 aliphatic carbocycles. The molecule has 0 saturated carbocycles. The number of anilines is 1. The summed E-state index contributed by atoms with van der Waals surface area (Å²) in [6, 6.07) is 3.23. The van der Waals surface area contributed by atoms with Gasteiger partial charge in [-0.3, -0.25) is 9.59 Å². The summed E-state index contributed by atoms with van der Waals surface area (Å²) >= 11 is 11.4. The number of benzene rings is 1. The maximum absolute atomic E-state index is 12.3. The normalized spacial score (nSPS) is 10.7. The Morgan fingerprint density at radius 3 is 2.69 bits per heavy atom. The number of nitrogens with zero attached hydrogens (tertiary/aromatic N) is 1. The largest absolute Gasteiger partial charge is 0.493 e. The monoisotopic (exact) mass is 567 g/mol. The smallest absolute Gasteiger partial charge is 0.251 e. The molecule has 1 amide bonds. The van der Waals surface area contributed by atoms with Crippen molar-refractivity contribution in [3.05, 3.63) is 41.6 Å². The van der Waals surface area contributed by atoms with Gasteiger partial charge in [-0.05, 0) is 60.3 Å². The number of aryl methyl sites for hydroxylation is 1. The van der Waals surface area contributed by atoms with E-state index in [0.29, 0.717) is 21.1 Å². The first-order valence-corrected chi connectivity index (χ1v) is 11.0. The van der Waals surface area contributed by atoms with Crippen molar-refractivity contribution in [3.8, 4) is 5.75 Å². The second-order valence-electron chi connectivity index (χ2n) is 5.20. The Hall–Kier alpha value is -0.840. The summed E-state index contributed by atoms with van der Waals surface area (Å²) in [5.41, 5.74) is 1.04. The van der Waals surface area contributed by atoms with E-state index in [-0.39, 0.29) is 17.2 Å². The van der Waals surface area contributed by atoms with Crippen LogP contribution in [0.2, 0.25) is 0 Å². The van der Waals surface area contributed by atoms with E-state index in [1.54, 1.807) is 6.07 Å². The Morgan fingerprint density at radius 2 is 2.04 bits per heavy atom. The van der Waals surface area contributed by atoms with Crippen LogP contribution in [0, 0.1) is 0 Å². The number of aromatic nitrogens is 2. The van der Waals surface area contributed by atoms with E-state index >= 15 is 0 Å². The molecule has 0 bridgehead atoms. The lowest BCUT2D eigenvalue weighted by atomic mass is 10.2. The van der Waals surface area contributed by atoms with Crippen molar-refractivity contribution in [1.82, 2.24) is 9.97 Å². The van der Waals surface area contributed by atoms with Crippen molar-refractivity contribution in [1.29, 1.82) is 0 Å². The quantitative estimate of drug-likeness (QED) is 0.286. The maximum atomic E-state index is 12.3. The van der Waals surface area contributed by atoms with Crippen LogP contribution in [-0.2, 0) is 11.2 Å². The highest BCUT2D eigenvalue weighted by Crippen LogP contribution is 2.43. The number of amides is 1. The molecule has 140 valence electrons. The molecule has 0 aliphatic heterocycles. The molecule has 2 N–H and O–H groups in total. The van der Waals surface area contributed by atoms with E-state index in [4.69, 9.17) is 4.74 Å². The topological polar surface area (TPSA) is 84.1 Å². The number of hydrogen-bond acceptors (Lipinski definition) is 5. The van der Waals surface area contributed by atoms with Crippen molar-refractivity contribution in [2.24, 2.45) is 0 Å². The molecular formula is C16H16Br3N3O3S. The van der Waals surface area contributed by atoms with Crippen LogP contribution in [0.5, 0.6) is 5.75 Å². The lowest BCUT2D eigenvalue weighted by Crippen LogP contribution is -2.16. The Bertz CT molecular complexity index is 874. The minimum Gasteiger partial charge on any atom is -0.493 e. The standard InChI is InChI=1S/C16H16Br3N3O3S/c1-3-4-8-5-11(23)22-16(20-8)26-7-12(24)21-10-6-9(17)13(18)14(19)15(10)25-2/h5-6H,3-4,7H2,1-2H3,(H,21,24)(H,20,22,23). The average Bonchev–Trinajstić information content (AvgIpc) is 2.58. The zero-order valence-corrected chi connectivity index (χ0v) is 19.6. The summed E-state index contributed by atoms with van der Waals surface area (Å²) in [5.74, 6) is 0.375. The maximum Gasteiger partial charge on any atom is 0.251 e. The molecule has 1 aromatic carbocycles. The molecule has 0 saturated heterocycles. The molecule has 6 nitrogen and oxygen atoms in total. The highest BCUT2D eigenvalue weighted by Gasteiger charge is 2.16. The predicted octanol–water partition coefficient (Wildman–Crippen LogP) is 4.75. The van der Waals surface area contributed by atoms with Gasteiger partial charge < -0.3 is 15.0 Å². The van der Waals surface area contributed by atoms with Crippen LogP contribution in [0.3, 0.4) is 0 Å². The number of halogens is 3. The van der Waals surface area contributed by atoms with E-state index in [9.17, 15) is 9.59 Å². The SMILES string of the molecule is CCCc1cc(=O)[nH]c(SCC(=O)Nc2cc(Br)c(Br)c(Br)c2OC)n1. The number of hydrogen-bond donors (Lipinski definition) is 2. The van der Waals surface area contributed by atoms with Gasteiger partial charge in [0.15, 0.2) is 10.9 Å². The summed E-state index contributed by atoms with van der Waals surface area (Å²) in [7, 11) is 1.53. The van der Waals surface area contributed by atoms with Crippen LogP contribution in [-0.4, -0.2) is 28.7 Å². The number of rotatable bonds is 7. The van der Waals surface area contributed by atoms with Gasteiger partial charge in [-0.2, -0.15) is 0 Å². The number of nitrogens with one attached hydrogen (secondary N) is 2. The number of methoxy groups -OCH3 is 1. The summed E-state index contributed by atoms with van der Waals surface area (Å²) in [6.07, 6.45) is 1.62. The van der Waals surface area contributed by atoms with E-state index in [2.05, 4.69) is 63.1 Å². The van der Waals surface area contributed by atoms with Crippen LogP contribution in [0.1, 0.15) is 19.0 Å². The number of ether oxygens (including phenoxy) is 1. The van der Waals surface area contributed by atoms with Crippen molar-refractivity contribution in [3.63, 3.8) is 0 Å². The van der Waals surface area contributed by atoms with Gasteiger partial charge in [-0.1, -0.05) is 25.1 Å². The molecule has 0 unspecified atom stereocenters. The first kappa shape index (κ1) is 21.5. The summed E-state index contributed by atoms with van der Waals surface area (Å²) in [6.45, 7) is 2.02. The highest BCUT2D eigenvalue weighted by atomic mass is 79.9. The van der Waals surface area contributed by atoms with Crippen LogP contribution < -0.4 is 15.6 Å². The molecule has 0 aliphatic rings. The summed E-state index contributed by atoms with van der Waals surface area (Å²) in [5, 5.41) is 3.24. The molecule has 0 radical (unpaired) electrons.